The van der Waals surface area contributed by atoms with Crippen molar-refractivity contribution in [3.63, 3.8) is 0 Å². The van der Waals surface area contributed by atoms with Crippen LogP contribution in [0.5, 0.6) is 17.5 Å². The van der Waals surface area contributed by atoms with Gasteiger partial charge >= 0.3 is 6.01 Å². The van der Waals surface area contributed by atoms with Crippen molar-refractivity contribution in [3.05, 3.63) is 35.1 Å². The summed E-state index contributed by atoms with van der Waals surface area (Å²) in [6.07, 6.45) is 7.37. The molecule has 0 amide bonds. The van der Waals surface area contributed by atoms with Crippen molar-refractivity contribution in [2.75, 3.05) is 38.2 Å². The van der Waals surface area contributed by atoms with E-state index in [1.54, 1.807) is 6.07 Å². The molecule has 2 saturated heterocycles. The van der Waals surface area contributed by atoms with E-state index < -0.39 is 5.82 Å². The Kier molecular flexibility index (Phi) is 6.71. The molecule has 1 aromatic heterocycles. The van der Waals surface area contributed by atoms with Crippen LogP contribution in [-0.4, -0.2) is 65.4 Å². The molecule has 2 aliphatic heterocycles. The number of halogens is 2. The minimum absolute atomic E-state index is 0.000702. The first-order valence-electron chi connectivity index (χ1n) is 13.3. The molecule has 0 unspecified atom stereocenters. The lowest BCUT2D eigenvalue weighted by molar-refractivity contribution is 0.188. The Morgan fingerprint density at radius 2 is 1.86 bits per heavy atom. The standard InChI is InChI=1S/C28H32ClFN4O3/c1-33-12-6-7-17(33)16-36-28-31-25-19(27(32-28)34-13-3-2-4-14-34)15-20(29)23(26(25)37-18-10-11-18)24-21(30)8-5-9-22(24)35/h5,8-9,15,17-18,35H,2-4,6-7,10-14,16H2,1H3/t17-/m0/s1. The predicted octanol–water partition coefficient (Wildman–Crippen LogP) is 5.80. The predicted molar refractivity (Wildman–Crippen MR) is 142 cm³/mol. The molecule has 37 heavy (non-hydrogen) atoms. The van der Waals surface area contributed by atoms with Gasteiger partial charge in [0.05, 0.1) is 22.3 Å². The highest BCUT2D eigenvalue weighted by Crippen LogP contribution is 2.49. The maximum absolute atomic E-state index is 15.1. The first kappa shape index (κ1) is 24.5. The van der Waals surface area contributed by atoms with E-state index in [1.165, 1.54) is 24.6 Å². The van der Waals surface area contributed by atoms with Gasteiger partial charge in [-0.3, -0.25) is 0 Å². The zero-order chi connectivity index (χ0) is 25.5. The van der Waals surface area contributed by atoms with Gasteiger partial charge in [-0.25, -0.2) is 4.39 Å². The molecule has 0 bridgehead atoms. The molecule has 0 spiro atoms. The summed E-state index contributed by atoms with van der Waals surface area (Å²) in [6, 6.07) is 6.59. The highest BCUT2D eigenvalue weighted by atomic mass is 35.5. The van der Waals surface area contributed by atoms with Crippen LogP contribution in [0.4, 0.5) is 10.2 Å². The fourth-order valence-corrected chi connectivity index (χ4v) is 5.69. The van der Waals surface area contributed by atoms with Gasteiger partial charge in [0.25, 0.3) is 0 Å². The number of aromatic hydroxyl groups is 1. The lowest BCUT2D eigenvalue weighted by Crippen LogP contribution is -2.32. The second-order valence-electron chi connectivity index (χ2n) is 10.4. The number of piperidine rings is 1. The van der Waals surface area contributed by atoms with Gasteiger partial charge in [-0.2, -0.15) is 9.97 Å². The van der Waals surface area contributed by atoms with Crippen molar-refractivity contribution in [2.24, 2.45) is 0 Å². The van der Waals surface area contributed by atoms with Gasteiger partial charge in [0.1, 0.15) is 29.5 Å². The van der Waals surface area contributed by atoms with Crippen LogP contribution >= 0.6 is 11.6 Å². The fourth-order valence-electron chi connectivity index (χ4n) is 5.40. The second-order valence-corrected chi connectivity index (χ2v) is 10.8. The largest absolute Gasteiger partial charge is 0.507 e. The Labute approximate surface area is 221 Å². The number of nitrogens with zero attached hydrogens (tertiary/aromatic N) is 4. The minimum Gasteiger partial charge on any atom is -0.507 e. The van der Waals surface area contributed by atoms with E-state index in [0.29, 0.717) is 29.5 Å². The number of likely N-dealkylation sites (tertiary alicyclic amines) is 1. The first-order valence-corrected chi connectivity index (χ1v) is 13.6. The molecule has 1 atom stereocenters. The molecule has 3 fully saturated rings. The van der Waals surface area contributed by atoms with Gasteiger partial charge in [0, 0.05) is 24.5 Å². The van der Waals surface area contributed by atoms with Gasteiger partial charge in [-0.05, 0) is 76.7 Å². The lowest BCUT2D eigenvalue weighted by Gasteiger charge is -2.29. The second kappa shape index (κ2) is 10.1. The van der Waals surface area contributed by atoms with Crippen molar-refractivity contribution in [2.45, 2.75) is 57.1 Å². The van der Waals surface area contributed by atoms with E-state index in [0.717, 1.165) is 69.4 Å². The number of phenols is 1. The summed E-state index contributed by atoms with van der Waals surface area (Å²) >= 11 is 6.84. The van der Waals surface area contributed by atoms with Crippen LogP contribution in [0, 0.1) is 5.82 Å². The number of anilines is 1. The molecule has 1 N–H and O–H groups in total. The fraction of sp³-hybridized carbons (Fsp3) is 0.500. The van der Waals surface area contributed by atoms with E-state index in [4.69, 9.17) is 31.0 Å². The molecule has 1 aliphatic carbocycles. The van der Waals surface area contributed by atoms with Gasteiger partial charge in [-0.15, -0.1) is 0 Å². The zero-order valence-electron chi connectivity index (χ0n) is 21.1. The summed E-state index contributed by atoms with van der Waals surface area (Å²) in [4.78, 5) is 14.2. The summed E-state index contributed by atoms with van der Waals surface area (Å²) in [5.41, 5.74) is 0.846. The van der Waals surface area contributed by atoms with Gasteiger partial charge in [0.2, 0.25) is 0 Å². The normalized spacial score (nSPS) is 20.5. The summed E-state index contributed by atoms with van der Waals surface area (Å²) in [7, 11) is 2.11. The van der Waals surface area contributed by atoms with Gasteiger partial charge < -0.3 is 24.4 Å². The average molecular weight is 527 g/mol. The van der Waals surface area contributed by atoms with Crippen molar-refractivity contribution in [1.29, 1.82) is 0 Å². The van der Waals surface area contributed by atoms with Gasteiger partial charge in [0.15, 0.2) is 5.75 Å². The minimum atomic E-state index is -0.576. The summed E-state index contributed by atoms with van der Waals surface area (Å²) < 4.78 is 27.7. The summed E-state index contributed by atoms with van der Waals surface area (Å²) in [5, 5.41) is 11.7. The smallest absolute Gasteiger partial charge is 0.319 e. The summed E-state index contributed by atoms with van der Waals surface area (Å²) in [6.45, 7) is 3.31. The quantitative estimate of drug-likeness (QED) is 0.417. The Morgan fingerprint density at radius 3 is 2.57 bits per heavy atom. The van der Waals surface area contributed by atoms with Crippen molar-refractivity contribution < 1.29 is 19.0 Å². The van der Waals surface area contributed by atoms with Crippen LogP contribution < -0.4 is 14.4 Å². The maximum atomic E-state index is 15.1. The monoisotopic (exact) mass is 526 g/mol. The molecule has 7 nitrogen and oxygen atoms in total. The zero-order valence-corrected chi connectivity index (χ0v) is 21.8. The molecule has 2 aromatic carbocycles. The number of hydrogen-bond donors (Lipinski definition) is 1. The van der Waals surface area contributed by atoms with Crippen molar-refractivity contribution in [1.82, 2.24) is 14.9 Å². The molecule has 1 saturated carbocycles. The molecule has 9 heteroatoms. The van der Waals surface area contributed by atoms with Crippen LogP contribution in [0.1, 0.15) is 44.9 Å². The van der Waals surface area contributed by atoms with Crippen LogP contribution in [0.2, 0.25) is 5.02 Å². The van der Waals surface area contributed by atoms with Crippen LogP contribution in [0.3, 0.4) is 0 Å². The SMILES string of the molecule is CN1CCC[C@H]1COc1nc(N2CCCCC2)c2cc(Cl)c(-c3c(O)cccc3F)c(OC3CC3)c2n1. The number of phenolic OH excluding ortho intramolecular Hbond substituents is 1. The molecule has 0 radical (unpaired) electrons. The topological polar surface area (TPSA) is 71.0 Å². The van der Waals surface area contributed by atoms with Gasteiger partial charge in [-0.1, -0.05) is 17.7 Å². The van der Waals surface area contributed by atoms with E-state index >= 15 is 4.39 Å². The third kappa shape index (κ3) is 4.89. The Morgan fingerprint density at radius 1 is 1.05 bits per heavy atom. The highest BCUT2D eigenvalue weighted by molar-refractivity contribution is 6.35. The Bertz CT molecular complexity index is 1290. The number of hydrogen-bond acceptors (Lipinski definition) is 7. The third-order valence-electron chi connectivity index (χ3n) is 7.64. The van der Waals surface area contributed by atoms with Crippen LogP contribution in [0.15, 0.2) is 24.3 Å². The third-order valence-corrected chi connectivity index (χ3v) is 7.94. The first-order chi connectivity index (χ1) is 18.0. The number of rotatable bonds is 7. The van der Waals surface area contributed by atoms with E-state index in [1.807, 2.05) is 0 Å². The molecule has 3 aliphatic rings. The molecule has 3 aromatic rings. The summed E-state index contributed by atoms with van der Waals surface area (Å²) in [5.74, 6) is 0.348. The number of fused-ring (bicyclic) bond motifs is 1. The average Bonchev–Trinajstić information content (AvgIpc) is 3.62. The number of ether oxygens (including phenoxy) is 2. The van der Waals surface area contributed by atoms with Crippen molar-refractivity contribution >= 4 is 28.3 Å². The Balaban J connectivity index is 1.53. The molecular formula is C28H32ClFN4O3. The van der Waals surface area contributed by atoms with Crippen molar-refractivity contribution in [3.8, 4) is 28.6 Å². The molecule has 196 valence electrons. The molecular weight excluding hydrogens is 495 g/mol. The van der Waals surface area contributed by atoms with Crippen LogP contribution in [-0.2, 0) is 0 Å². The number of benzene rings is 2. The van der Waals surface area contributed by atoms with Crippen LogP contribution in [0.25, 0.3) is 22.0 Å². The molecule has 6 rings (SSSR count). The molecule has 3 heterocycles. The lowest BCUT2D eigenvalue weighted by atomic mass is 10.00. The highest BCUT2D eigenvalue weighted by Gasteiger charge is 2.31. The van der Waals surface area contributed by atoms with E-state index in [-0.39, 0.29) is 28.5 Å². The number of likely N-dealkylation sites (N-methyl/N-ethyl adjacent to an activating group) is 1. The maximum Gasteiger partial charge on any atom is 0.319 e. The number of aromatic nitrogens is 2. The Hall–Kier alpha value is -2.84. The van der Waals surface area contributed by atoms with E-state index in [2.05, 4.69) is 16.8 Å². The van der Waals surface area contributed by atoms with E-state index in [9.17, 15) is 5.11 Å².